The predicted molar refractivity (Wildman–Crippen MR) is 98.7 cm³/mol. The van der Waals surface area contributed by atoms with Crippen molar-refractivity contribution in [3.63, 3.8) is 0 Å². The lowest BCUT2D eigenvalue weighted by Crippen LogP contribution is -2.07. The smallest absolute Gasteiger partial charge is 0.292 e. The maximum absolute atomic E-state index is 11.4. The van der Waals surface area contributed by atoms with E-state index in [1.807, 2.05) is 0 Å². The second kappa shape index (κ2) is 7.38. The van der Waals surface area contributed by atoms with Crippen molar-refractivity contribution in [1.82, 2.24) is 0 Å². The van der Waals surface area contributed by atoms with Gasteiger partial charge in [0.1, 0.15) is 11.4 Å². The minimum Gasteiger partial charge on any atom is -0.496 e. The number of rotatable bonds is 7. The van der Waals surface area contributed by atoms with Crippen LogP contribution >= 0.6 is 0 Å². The Morgan fingerprint density at radius 3 is 2.46 bits per heavy atom. The van der Waals surface area contributed by atoms with Crippen LogP contribution in [0.5, 0.6) is 17.2 Å². The SMILES string of the molecule is COc1cc(OC)c(OC)cc1CNc1c([N+](=O)[O-])ccc2c1CCN2. The van der Waals surface area contributed by atoms with E-state index in [0.29, 0.717) is 29.5 Å². The number of nitro benzene ring substituents is 1. The molecule has 0 bridgehead atoms. The quantitative estimate of drug-likeness (QED) is 0.579. The summed E-state index contributed by atoms with van der Waals surface area (Å²) in [7, 11) is 4.68. The van der Waals surface area contributed by atoms with Crippen LogP contribution in [0.4, 0.5) is 17.1 Å². The number of nitrogens with one attached hydrogen (secondary N) is 2. The number of ether oxygens (including phenoxy) is 3. The number of hydrogen-bond acceptors (Lipinski definition) is 7. The molecule has 2 aromatic carbocycles. The molecule has 1 aliphatic rings. The van der Waals surface area contributed by atoms with Gasteiger partial charge in [-0.25, -0.2) is 0 Å². The monoisotopic (exact) mass is 359 g/mol. The third-order valence-electron chi connectivity index (χ3n) is 4.42. The van der Waals surface area contributed by atoms with Gasteiger partial charge in [-0.2, -0.15) is 0 Å². The maximum atomic E-state index is 11.4. The maximum Gasteiger partial charge on any atom is 0.292 e. The Labute approximate surface area is 151 Å². The Morgan fingerprint density at radius 1 is 1.12 bits per heavy atom. The Morgan fingerprint density at radius 2 is 1.81 bits per heavy atom. The summed E-state index contributed by atoms with van der Waals surface area (Å²) in [5.41, 5.74) is 3.26. The molecule has 0 aliphatic carbocycles. The fourth-order valence-electron chi connectivity index (χ4n) is 3.15. The van der Waals surface area contributed by atoms with Gasteiger partial charge in [-0.05, 0) is 18.6 Å². The molecule has 0 saturated heterocycles. The Kier molecular flexibility index (Phi) is 5.01. The summed E-state index contributed by atoms with van der Waals surface area (Å²) >= 11 is 0. The highest BCUT2D eigenvalue weighted by molar-refractivity contribution is 5.77. The van der Waals surface area contributed by atoms with Crippen molar-refractivity contribution < 1.29 is 19.1 Å². The zero-order chi connectivity index (χ0) is 18.7. The fraction of sp³-hybridized carbons (Fsp3) is 0.333. The van der Waals surface area contributed by atoms with Crippen molar-refractivity contribution in [2.24, 2.45) is 0 Å². The number of hydrogen-bond donors (Lipinski definition) is 2. The molecular weight excluding hydrogens is 338 g/mol. The van der Waals surface area contributed by atoms with Gasteiger partial charge in [0.05, 0.1) is 26.3 Å². The lowest BCUT2D eigenvalue weighted by atomic mass is 10.1. The first-order valence-electron chi connectivity index (χ1n) is 8.16. The van der Waals surface area contributed by atoms with Gasteiger partial charge >= 0.3 is 0 Å². The topological polar surface area (TPSA) is 94.9 Å². The third kappa shape index (κ3) is 3.17. The fourth-order valence-corrected chi connectivity index (χ4v) is 3.15. The van der Waals surface area contributed by atoms with E-state index in [4.69, 9.17) is 14.2 Å². The van der Waals surface area contributed by atoms with Crippen LogP contribution in [0.15, 0.2) is 24.3 Å². The lowest BCUT2D eigenvalue weighted by Gasteiger charge is -2.16. The molecule has 138 valence electrons. The van der Waals surface area contributed by atoms with Gasteiger partial charge in [0.15, 0.2) is 11.5 Å². The Balaban J connectivity index is 1.95. The summed E-state index contributed by atoms with van der Waals surface area (Å²) in [5.74, 6) is 1.74. The zero-order valence-electron chi connectivity index (χ0n) is 14.9. The number of fused-ring (bicyclic) bond motifs is 1. The van der Waals surface area contributed by atoms with Gasteiger partial charge < -0.3 is 24.8 Å². The average molecular weight is 359 g/mol. The minimum absolute atomic E-state index is 0.0619. The van der Waals surface area contributed by atoms with E-state index in [1.165, 1.54) is 6.07 Å². The molecule has 0 fully saturated rings. The van der Waals surface area contributed by atoms with E-state index < -0.39 is 0 Å². The van der Waals surface area contributed by atoms with E-state index in [2.05, 4.69) is 10.6 Å². The molecule has 0 saturated carbocycles. The molecule has 8 nitrogen and oxygen atoms in total. The first kappa shape index (κ1) is 17.7. The molecular formula is C18H21N3O5. The van der Waals surface area contributed by atoms with Crippen LogP contribution in [0, 0.1) is 10.1 Å². The second-order valence-corrected chi connectivity index (χ2v) is 5.79. The van der Waals surface area contributed by atoms with Gasteiger partial charge in [0, 0.05) is 42.0 Å². The number of methoxy groups -OCH3 is 3. The van der Waals surface area contributed by atoms with Crippen LogP contribution in [0.1, 0.15) is 11.1 Å². The van der Waals surface area contributed by atoms with Crippen molar-refractivity contribution in [2.75, 3.05) is 38.5 Å². The number of nitrogens with zero attached hydrogens (tertiary/aromatic N) is 1. The second-order valence-electron chi connectivity index (χ2n) is 5.79. The third-order valence-corrected chi connectivity index (χ3v) is 4.42. The van der Waals surface area contributed by atoms with Gasteiger partial charge in [0.2, 0.25) is 0 Å². The van der Waals surface area contributed by atoms with E-state index >= 15 is 0 Å². The summed E-state index contributed by atoms with van der Waals surface area (Å²) in [4.78, 5) is 11.1. The first-order chi connectivity index (χ1) is 12.6. The molecule has 0 aromatic heterocycles. The van der Waals surface area contributed by atoms with Crippen LogP contribution in [-0.4, -0.2) is 32.8 Å². The molecule has 0 amide bonds. The Hall–Kier alpha value is -3.16. The number of benzene rings is 2. The van der Waals surface area contributed by atoms with Gasteiger partial charge in [-0.1, -0.05) is 0 Å². The summed E-state index contributed by atoms with van der Waals surface area (Å²) < 4.78 is 16.0. The summed E-state index contributed by atoms with van der Waals surface area (Å²) in [5, 5.41) is 17.9. The molecule has 1 heterocycles. The van der Waals surface area contributed by atoms with Crippen LogP contribution in [0.25, 0.3) is 0 Å². The highest BCUT2D eigenvalue weighted by Crippen LogP contribution is 2.39. The molecule has 0 atom stereocenters. The summed E-state index contributed by atoms with van der Waals surface area (Å²) in [6.07, 6.45) is 0.739. The van der Waals surface area contributed by atoms with E-state index in [0.717, 1.165) is 29.8 Å². The first-order valence-corrected chi connectivity index (χ1v) is 8.16. The molecule has 2 aromatic rings. The number of anilines is 2. The van der Waals surface area contributed by atoms with Crippen LogP contribution in [0.2, 0.25) is 0 Å². The van der Waals surface area contributed by atoms with E-state index in [1.54, 1.807) is 39.5 Å². The van der Waals surface area contributed by atoms with Crippen molar-refractivity contribution in [2.45, 2.75) is 13.0 Å². The zero-order valence-corrected chi connectivity index (χ0v) is 14.9. The van der Waals surface area contributed by atoms with Gasteiger partial charge in [-0.15, -0.1) is 0 Å². The van der Waals surface area contributed by atoms with Crippen molar-refractivity contribution in [3.8, 4) is 17.2 Å². The lowest BCUT2D eigenvalue weighted by molar-refractivity contribution is -0.384. The van der Waals surface area contributed by atoms with Crippen LogP contribution in [0.3, 0.4) is 0 Å². The molecule has 3 rings (SSSR count). The largest absolute Gasteiger partial charge is 0.496 e. The molecule has 1 aliphatic heterocycles. The molecule has 2 N–H and O–H groups in total. The van der Waals surface area contributed by atoms with Crippen molar-refractivity contribution >= 4 is 17.1 Å². The highest BCUT2D eigenvalue weighted by Gasteiger charge is 2.24. The molecule has 0 spiro atoms. The van der Waals surface area contributed by atoms with Crippen molar-refractivity contribution in [1.29, 1.82) is 0 Å². The number of nitro groups is 1. The van der Waals surface area contributed by atoms with E-state index in [9.17, 15) is 10.1 Å². The van der Waals surface area contributed by atoms with Gasteiger partial charge in [0.25, 0.3) is 5.69 Å². The minimum atomic E-state index is -0.368. The van der Waals surface area contributed by atoms with Crippen molar-refractivity contribution in [3.05, 3.63) is 45.5 Å². The van der Waals surface area contributed by atoms with Crippen LogP contribution < -0.4 is 24.8 Å². The average Bonchev–Trinajstić information content (AvgIpc) is 3.13. The van der Waals surface area contributed by atoms with E-state index in [-0.39, 0.29) is 10.6 Å². The molecule has 0 unspecified atom stereocenters. The summed E-state index contributed by atoms with van der Waals surface area (Å²) in [6, 6.07) is 6.81. The Bertz CT molecular complexity index is 838. The normalized spacial score (nSPS) is 12.1. The predicted octanol–water partition coefficient (Wildman–Crippen LogP) is 3.20. The molecule has 26 heavy (non-hydrogen) atoms. The highest BCUT2D eigenvalue weighted by atomic mass is 16.6. The molecule has 8 heteroatoms. The standard InChI is InChI=1S/C18H21N3O5/c1-24-15-9-17(26-3)16(25-2)8-11(15)10-20-18-12-6-7-19-13(12)4-5-14(18)21(22)23/h4-5,8-9,19-20H,6-7,10H2,1-3H3. The molecule has 0 radical (unpaired) electrons. The van der Waals surface area contributed by atoms with Crippen LogP contribution in [-0.2, 0) is 13.0 Å². The van der Waals surface area contributed by atoms with Gasteiger partial charge in [-0.3, -0.25) is 10.1 Å². The summed E-state index contributed by atoms with van der Waals surface area (Å²) in [6.45, 7) is 1.12.